The Balaban J connectivity index is 2.04. The van der Waals surface area contributed by atoms with Crippen LogP contribution < -0.4 is 0 Å². The Hall–Kier alpha value is -0.870. The summed E-state index contributed by atoms with van der Waals surface area (Å²) in [7, 11) is 0. The summed E-state index contributed by atoms with van der Waals surface area (Å²) in [4.78, 5) is 4.40. The molecule has 1 aromatic heterocycles. The molecule has 0 aliphatic rings. The van der Waals surface area contributed by atoms with Crippen LogP contribution in [0.15, 0.2) is 35.1 Å². The van der Waals surface area contributed by atoms with E-state index in [-0.39, 0.29) is 0 Å². The summed E-state index contributed by atoms with van der Waals surface area (Å²) in [5.74, 6) is 2.59. The molecule has 0 aliphatic heterocycles. The highest BCUT2D eigenvalue weighted by Gasteiger charge is 2.14. The molecule has 0 fully saturated rings. The molecular weight excluding hydrogens is 350 g/mol. The lowest BCUT2D eigenvalue weighted by atomic mass is 9.97. The Kier molecular flexibility index (Phi) is 6.24. The van der Waals surface area contributed by atoms with Gasteiger partial charge >= 0.3 is 0 Å². The smallest absolute Gasteiger partial charge is 0.138 e. The zero-order chi connectivity index (χ0) is 15.2. The summed E-state index contributed by atoms with van der Waals surface area (Å²) in [6, 6.07) is 8.39. The topological polar surface area (TPSA) is 30.7 Å². The molecule has 0 N–H and O–H groups in total. The van der Waals surface area contributed by atoms with Crippen LogP contribution in [0.3, 0.4) is 0 Å². The van der Waals surface area contributed by atoms with Crippen molar-refractivity contribution >= 4 is 27.5 Å². The molecule has 114 valence electrons. The van der Waals surface area contributed by atoms with E-state index in [9.17, 15) is 0 Å². The van der Waals surface area contributed by atoms with Crippen molar-refractivity contribution in [2.75, 3.05) is 5.88 Å². The predicted molar refractivity (Wildman–Crippen MR) is 90.6 cm³/mol. The molecule has 2 aromatic rings. The molecule has 0 radical (unpaired) electrons. The summed E-state index contributed by atoms with van der Waals surface area (Å²) in [6.45, 7) is 5.28. The highest BCUT2D eigenvalue weighted by molar-refractivity contribution is 9.10. The Morgan fingerprint density at radius 2 is 2.10 bits per heavy atom. The molecule has 1 heterocycles. The number of hydrogen-bond donors (Lipinski definition) is 0. The van der Waals surface area contributed by atoms with Gasteiger partial charge < -0.3 is 0 Å². The molecule has 0 saturated heterocycles. The molecule has 1 unspecified atom stereocenters. The van der Waals surface area contributed by atoms with Crippen molar-refractivity contribution in [3.05, 3.63) is 46.5 Å². The minimum Gasteiger partial charge on any atom is -0.250 e. The molecule has 0 saturated carbocycles. The number of alkyl halides is 1. The van der Waals surface area contributed by atoms with Gasteiger partial charge in [0.2, 0.25) is 0 Å². The van der Waals surface area contributed by atoms with E-state index < -0.39 is 0 Å². The van der Waals surface area contributed by atoms with Crippen molar-refractivity contribution in [2.45, 2.75) is 33.2 Å². The molecule has 2 rings (SSSR count). The summed E-state index contributed by atoms with van der Waals surface area (Å²) in [6.07, 6.45) is 3.46. The van der Waals surface area contributed by atoms with Crippen molar-refractivity contribution in [2.24, 2.45) is 11.8 Å². The second kappa shape index (κ2) is 7.95. The lowest BCUT2D eigenvalue weighted by Crippen LogP contribution is -2.16. The van der Waals surface area contributed by atoms with Gasteiger partial charge in [-0.1, -0.05) is 41.9 Å². The van der Waals surface area contributed by atoms with Crippen LogP contribution in [0.25, 0.3) is 0 Å². The molecular formula is C16H21BrClN3. The molecule has 1 atom stereocenters. The Bertz CT molecular complexity index is 568. The molecule has 3 nitrogen and oxygen atoms in total. The maximum Gasteiger partial charge on any atom is 0.138 e. The first-order valence-corrected chi connectivity index (χ1v) is 8.58. The fourth-order valence-corrected chi connectivity index (χ4v) is 3.05. The summed E-state index contributed by atoms with van der Waals surface area (Å²) in [5.41, 5.74) is 1.30. The van der Waals surface area contributed by atoms with Crippen LogP contribution in [0.1, 0.15) is 25.2 Å². The second-order valence-electron chi connectivity index (χ2n) is 5.81. The van der Waals surface area contributed by atoms with Gasteiger partial charge in [0.15, 0.2) is 0 Å². The van der Waals surface area contributed by atoms with Crippen LogP contribution in [0, 0.1) is 11.8 Å². The van der Waals surface area contributed by atoms with Gasteiger partial charge in [-0.25, -0.2) is 9.67 Å². The molecule has 0 bridgehead atoms. The van der Waals surface area contributed by atoms with Crippen LogP contribution >= 0.6 is 27.5 Å². The van der Waals surface area contributed by atoms with E-state index in [1.807, 2.05) is 10.7 Å². The number of benzene rings is 1. The van der Waals surface area contributed by atoms with Crippen molar-refractivity contribution in [3.8, 4) is 0 Å². The van der Waals surface area contributed by atoms with Crippen molar-refractivity contribution in [3.63, 3.8) is 0 Å². The van der Waals surface area contributed by atoms with E-state index in [0.717, 1.165) is 29.7 Å². The maximum atomic E-state index is 6.16. The van der Waals surface area contributed by atoms with E-state index >= 15 is 0 Å². The van der Waals surface area contributed by atoms with Gasteiger partial charge in [-0.05, 0) is 36.0 Å². The fraction of sp³-hybridized carbons (Fsp3) is 0.500. The highest BCUT2D eigenvalue weighted by atomic mass is 79.9. The highest BCUT2D eigenvalue weighted by Crippen LogP contribution is 2.18. The average molecular weight is 371 g/mol. The Labute approximate surface area is 139 Å². The summed E-state index contributed by atoms with van der Waals surface area (Å²) >= 11 is 9.68. The van der Waals surface area contributed by atoms with Crippen molar-refractivity contribution < 1.29 is 0 Å². The average Bonchev–Trinajstić information content (AvgIpc) is 2.84. The Morgan fingerprint density at radius 3 is 2.76 bits per heavy atom. The zero-order valence-corrected chi connectivity index (χ0v) is 14.8. The zero-order valence-electron chi connectivity index (χ0n) is 12.5. The first kappa shape index (κ1) is 16.5. The number of nitrogens with zero attached hydrogens (tertiary/aromatic N) is 3. The predicted octanol–water partition coefficient (Wildman–Crippen LogP) is 4.34. The molecule has 0 amide bonds. The van der Waals surface area contributed by atoms with Crippen LogP contribution in [0.2, 0.25) is 0 Å². The molecule has 0 spiro atoms. The number of halogens is 2. The lowest BCUT2D eigenvalue weighted by Gasteiger charge is -2.15. The quantitative estimate of drug-likeness (QED) is 0.679. The van der Waals surface area contributed by atoms with Gasteiger partial charge in [-0.2, -0.15) is 5.10 Å². The largest absolute Gasteiger partial charge is 0.250 e. The third-order valence-electron chi connectivity index (χ3n) is 3.34. The number of rotatable bonds is 7. The van der Waals surface area contributed by atoms with E-state index in [0.29, 0.717) is 17.7 Å². The molecule has 21 heavy (non-hydrogen) atoms. The Morgan fingerprint density at radius 1 is 1.29 bits per heavy atom. The van der Waals surface area contributed by atoms with Crippen LogP contribution in [-0.2, 0) is 19.4 Å². The summed E-state index contributed by atoms with van der Waals surface area (Å²) in [5, 5.41) is 4.32. The van der Waals surface area contributed by atoms with E-state index in [1.54, 1.807) is 6.33 Å². The first-order valence-electron chi connectivity index (χ1n) is 7.25. The van der Waals surface area contributed by atoms with Gasteiger partial charge in [0.1, 0.15) is 12.2 Å². The van der Waals surface area contributed by atoms with Crippen molar-refractivity contribution in [1.82, 2.24) is 14.8 Å². The van der Waals surface area contributed by atoms with E-state index in [1.165, 1.54) is 5.56 Å². The SMILES string of the molecule is CC(C)Cn1ncnc1CC(CCl)Cc1cccc(Br)c1. The van der Waals surface area contributed by atoms with E-state index in [2.05, 4.69) is 58.1 Å². The molecule has 1 aromatic carbocycles. The standard InChI is InChI=1S/C16H21BrClN3/c1-12(2)10-21-16(19-11-20-21)8-14(9-18)6-13-4-3-5-15(17)7-13/h3-5,7,11-12,14H,6,8-10H2,1-2H3. The monoisotopic (exact) mass is 369 g/mol. The van der Waals surface area contributed by atoms with Crippen LogP contribution in [0.5, 0.6) is 0 Å². The number of aromatic nitrogens is 3. The number of hydrogen-bond acceptors (Lipinski definition) is 2. The third-order valence-corrected chi connectivity index (χ3v) is 4.27. The normalized spacial score (nSPS) is 12.8. The minimum absolute atomic E-state index is 0.371. The third kappa shape index (κ3) is 5.11. The van der Waals surface area contributed by atoms with Crippen LogP contribution in [-0.4, -0.2) is 20.6 Å². The van der Waals surface area contributed by atoms with Gasteiger partial charge in [-0.3, -0.25) is 0 Å². The maximum absolute atomic E-state index is 6.16. The van der Waals surface area contributed by atoms with Crippen molar-refractivity contribution in [1.29, 1.82) is 0 Å². The van der Waals surface area contributed by atoms with Gasteiger partial charge in [0, 0.05) is 23.3 Å². The minimum atomic E-state index is 0.371. The second-order valence-corrected chi connectivity index (χ2v) is 7.04. The van der Waals surface area contributed by atoms with Crippen LogP contribution in [0.4, 0.5) is 0 Å². The molecule has 0 aliphatic carbocycles. The van der Waals surface area contributed by atoms with E-state index in [4.69, 9.17) is 11.6 Å². The summed E-state index contributed by atoms with van der Waals surface area (Å²) < 4.78 is 3.11. The van der Waals surface area contributed by atoms with Gasteiger partial charge in [-0.15, -0.1) is 11.6 Å². The fourth-order valence-electron chi connectivity index (χ4n) is 2.38. The molecule has 5 heteroatoms. The first-order chi connectivity index (χ1) is 10.1. The van der Waals surface area contributed by atoms with Gasteiger partial charge in [0.05, 0.1) is 0 Å². The van der Waals surface area contributed by atoms with Gasteiger partial charge in [0.25, 0.3) is 0 Å². The lowest BCUT2D eigenvalue weighted by molar-refractivity contribution is 0.447.